The van der Waals surface area contributed by atoms with E-state index in [0.29, 0.717) is 19.6 Å². The second-order valence-corrected chi connectivity index (χ2v) is 8.02. The van der Waals surface area contributed by atoms with Gasteiger partial charge < -0.3 is 10.2 Å². The van der Waals surface area contributed by atoms with E-state index in [1.54, 1.807) is 17.0 Å². The Bertz CT molecular complexity index is 712. The average Bonchev–Trinajstić information content (AvgIpc) is 3.01. The van der Waals surface area contributed by atoms with E-state index in [1.807, 2.05) is 0 Å². The Morgan fingerprint density at radius 3 is 2.55 bits per heavy atom. The Hall–Kier alpha value is -1.89. The quantitative estimate of drug-likeness (QED) is 0.838. The maximum Gasteiger partial charge on any atom is 0.227 e. The van der Waals surface area contributed by atoms with Gasteiger partial charge in [-0.15, -0.1) is 0 Å². The van der Waals surface area contributed by atoms with Gasteiger partial charge in [0, 0.05) is 31.8 Å². The first-order chi connectivity index (χ1) is 10.3. The van der Waals surface area contributed by atoms with Crippen LogP contribution in [0.5, 0.6) is 0 Å². The van der Waals surface area contributed by atoms with Gasteiger partial charge in [0.25, 0.3) is 0 Å². The zero-order valence-corrected chi connectivity index (χ0v) is 13.1. The molecule has 0 bridgehead atoms. The zero-order chi connectivity index (χ0) is 15.9. The number of carbonyl (C=O) groups is 2. The molecule has 1 N–H and O–H groups in total. The molecule has 2 aliphatic heterocycles. The van der Waals surface area contributed by atoms with E-state index in [0.717, 1.165) is 11.8 Å². The first-order valence-electron chi connectivity index (χ1n) is 7.19. The van der Waals surface area contributed by atoms with Crippen LogP contribution in [0.2, 0.25) is 0 Å². The highest BCUT2D eigenvalue weighted by atomic mass is 32.2. The van der Waals surface area contributed by atoms with Crippen LogP contribution in [-0.4, -0.2) is 51.0 Å². The molecule has 2 atom stereocenters. The van der Waals surface area contributed by atoms with Crippen LogP contribution in [-0.2, 0) is 25.8 Å². The van der Waals surface area contributed by atoms with Crippen molar-refractivity contribution in [1.29, 1.82) is 0 Å². The topological polar surface area (TPSA) is 83.6 Å². The number of nitrogens with one attached hydrogen (secondary N) is 1. The minimum Gasteiger partial charge on any atom is -0.355 e. The summed E-state index contributed by atoms with van der Waals surface area (Å²) in [5, 5.41) is 2.82. The van der Waals surface area contributed by atoms with Gasteiger partial charge in [0.05, 0.1) is 17.2 Å². The average molecular weight is 322 g/mol. The molecule has 2 amide bonds. The summed E-state index contributed by atoms with van der Waals surface area (Å²) in [6.07, 6.45) is 1.38. The Kier molecular flexibility index (Phi) is 3.68. The standard InChI is InChI=1S/C15H18N2O4S/c1-22(20,21)12-4-2-10(3-5-12)6-14(18)17-8-11-7-16-15(19)13(11)9-17/h2-5,11,13H,6-9H2,1H3,(H,16,19)/t11-,13+/m0/s1. The number of hydrogen-bond acceptors (Lipinski definition) is 4. The Morgan fingerprint density at radius 2 is 1.95 bits per heavy atom. The molecule has 0 unspecified atom stereocenters. The second-order valence-electron chi connectivity index (χ2n) is 6.00. The molecule has 2 aliphatic rings. The zero-order valence-electron chi connectivity index (χ0n) is 12.3. The van der Waals surface area contributed by atoms with Crippen molar-refractivity contribution in [2.24, 2.45) is 11.8 Å². The maximum absolute atomic E-state index is 12.3. The Labute approximate surface area is 129 Å². The van der Waals surface area contributed by atoms with Crippen LogP contribution in [0.3, 0.4) is 0 Å². The van der Waals surface area contributed by atoms with E-state index in [4.69, 9.17) is 0 Å². The van der Waals surface area contributed by atoms with Crippen molar-refractivity contribution in [2.45, 2.75) is 11.3 Å². The number of benzene rings is 1. The van der Waals surface area contributed by atoms with E-state index in [2.05, 4.69) is 5.32 Å². The fourth-order valence-corrected chi connectivity index (χ4v) is 3.71. The number of carbonyl (C=O) groups excluding carboxylic acids is 2. The van der Waals surface area contributed by atoms with Crippen molar-refractivity contribution < 1.29 is 18.0 Å². The molecular formula is C15H18N2O4S. The Balaban J connectivity index is 1.64. The van der Waals surface area contributed by atoms with Crippen molar-refractivity contribution in [2.75, 3.05) is 25.9 Å². The minimum atomic E-state index is -3.22. The van der Waals surface area contributed by atoms with Crippen molar-refractivity contribution >= 4 is 21.7 Å². The van der Waals surface area contributed by atoms with Crippen molar-refractivity contribution in [3.63, 3.8) is 0 Å². The summed E-state index contributed by atoms with van der Waals surface area (Å²) >= 11 is 0. The molecule has 2 saturated heterocycles. The summed E-state index contributed by atoms with van der Waals surface area (Å²) in [4.78, 5) is 25.9. The lowest BCUT2D eigenvalue weighted by atomic mass is 10.0. The van der Waals surface area contributed by atoms with Crippen LogP contribution in [0.1, 0.15) is 5.56 Å². The predicted octanol–water partition coefficient (Wildman–Crippen LogP) is -0.163. The van der Waals surface area contributed by atoms with Gasteiger partial charge >= 0.3 is 0 Å². The van der Waals surface area contributed by atoms with Gasteiger partial charge in [0.15, 0.2) is 9.84 Å². The maximum atomic E-state index is 12.3. The van der Waals surface area contributed by atoms with Crippen LogP contribution in [0.25, 0.3) is 0 Å². The van der Waals surface area contributed by atoms with Crippen molar-refractivity contribution in [3.8, 4) is 0 Å². The highest BCUT2D eigenvalue weighted by Crippen LogP contribution is 2.27. The molecule has 6 nitrogen and oxygen atoms in total. The number of fused-ring (bicyclic) bond motifs is 1. The van der Waals surface area contributed by atoms with Crippen molar-refractivity contribution in [3.05, 3.63) is 29.8 Å². The number of nitrogens with zero attached hydrogens (tertiary/aromatic N) is 1. The number of hydrogen-bond donors (Lipinski definition) is 1. The van der Waals surface area contributed by atoms with Gasteiger partial charge in [-0.05, 0) is 17.7 Å². The van der Waals surface area contributed by atoms with Gasteiger partial charge in [-0.3, -0.25) is 9.59 Å². The highest BCUT2D eigenvalue weighted by Gasteiger charge is 2.43. The first kappa shape index (κ1) is 15.0. The van der Waals surface area contributed by atoms with Gasteiger partial charge in [-0.25, -0.2) is 8.42 Å². The largest absolute Gasteiger partial charge is 0.355 e. The third kappa shape index (κ3) is 2.85. The molecule has 0 saturated carbocycles. The Morgan fingerprint density at radius 1 is 1.27 bits per heavy atom. The number of rotatable bonds is 3. The van der Waals surface area contributed by atoms with Gasteiger partial charge in [0.2, 0.25) is 11.8 Å². The lowest BCUT2D eigenvalue weighted by Gasteiger charge is -2.17. The molecule has 1 aromatic carbocycles. The molecule has 0 radical (unpaired) electrons. The second kappa shape index (κ2) is 5.39. The van der Waals surface area contributed by atoms with Gasteiger partial charge in [-0.1, -0.05) is 12.1 Å². The summed E-state index contributed by atoms with van der Waals surface area (Å²) in [6, 6.07) is 6.37. The molecular weight excluding hydrogens is 304 g/mol. The smallest absolute Gasteiger partial charge is 0.227 e. The normalized spacial score (nSPS) is 24.2. The summed E-state index contributed by atoms with van der Waals surface area (Å²) in [5.41, 5.74) is 0.777. The third-order valence-corrected chi connectivity index (χ3v) is 5.50. The molecule has 0 spiro atoms. The van der Waals surface area contributed by atoms with E-state index in [1.165, 1.54) is 12.1 Å². The lowest BCUT2D eigenvalue weighted by molar-refractivity contribution is -0.130. The van der Waals surface area contributed by atoms with Crippen molar-refractivity contribution in [1.82, 2.24) is 10.2 Å². The van der Waals surface area contributed by atoms with E-state index in [9.17, 15) is 18.0 Å². The molecule has 2 fully saturated rings. The molecule has 0 aliphatic carbocycles. The molecule has 118 valence electrons. The SMILES string of the molecule is CS(=O)(=O)c1ccc(CC(=O)N2C[C@@H]3CNC(=O)[C@@H]3C2)cc1. The first-order valence-corrected chi connectivity index (χ1v) is 9.08. The van der Waals surface area contributed by atoms with Gasteiger partial charge in [0.1, 0.15) is 0 Å². The van der Waals surface area contributed by atoms with E-state index >= 15 is 0 Å². The fourth-order valence-electron chi connectivity index (χ4n) is 3.08. The molecule has 1 aromatic rings. The van der Waals surface area contributed by atoms with E-state index < -0.39 is 9.84 Å². The van der Waals surface area contributed by atoms with Crippen LogP contribution >= 0.6 is 0 Å². The molecule has 2 heterocycles. The van der Waals surface area contributed by atoms with Crippen LogP contribution in [0.4, 0.5) is 0 Å². The van der Waals surface area contributed by atoms with Crippen LogP contribution < -0.4 is 5.32 Å². The number of likely N-dealkylation sites (tertiary alicyclic amines) is 1. The number of amides is 2. The highest BCUT2D eigenvalue weighted by molar-refractivity contribution is 7.90. The van der Waals surface area contributed by atoms with Crippen LogP contribution in [0.15, 0.2) is 29.2 Å². The summed E-state index contributed by atoms with van der Waals surface area (Å²) in [5.74, 6) is 0.174. The molecule has 0 aromatic heterocycles. The fraction of sp³-hybridized carbons (Fsp3) is 0.467. The molecule has 7 heteroatoms. The third-order valence-electron chi connectivity index (χ3n) is 4.38. The number of sulfone groups is 1. The van der Waals surface area contributed by atoms with E-state index in [-0.39, 0.29) is 35.0 Å². The summed E-state index contributed by atoms with van der Waals surface area (Å²) in [6.45, 7) is 1.75. The lowest BCUT2D eigenvalue weighted by Crippen LogP contribution is -2.34. The predicted molar refractivity (Wildman–Crippen MR) is 79.8 cm³/mol. The van der Waals surface area contributed by atoms with Crippen LogP contribution in [0, 0.1) is 11.8 Å². The molecule has 22 heavy (non-hydrogen) atoms. The summed E-state index contributed by atoms with van der Waals surface area (Å²) in [7, 11) is -3.22. The van der Waals surface area contributed by atoms with Gasteiger partial charge in [-0.2, -0.15) is 0 Å². The minimum absolute atomic E-state index is 0.0192. The summed E-state index contributed by atoms with van der Waals surface area (Å²) < 4.78 is 22.8. The molecule has 3 rings (SSSR count). The monoisotopic (exact) mass is 322 g/mol.